The largest absolute Gasteiger partial charge is 0.366 e. The van der Waals surface area contributed by atoms with Crippen LogP contribution in [0.5, 0.6) is 0 Å². The molecule has 0 saturated carbocycles. The van der Waals surface area contributed by atoms with Crippen molar-refractivity contribution < 1.29 is 0 Å². The zero-order valence-electron chi connectivity index (χ0n) is 12.2. The van der Waals surface area contributed by atoms with Gasteiger partial charge >= 0.3 is 0 Å². The maximum absolute atomic E-state index is 3.31. The second kappa shape index (κ2) is 5.31. The van der Waals surface area contributed by atoms with Crippen molar-refractivity contribution in [2.24, 2.45) is 5.92 Å². The van der Waals surface area contributed by atoms with E-state index < -0.39 is 0 Å². The zero-order chi connectivity index (χ0) is 13.2. The normalized spacial score (nSPS) is 22.4. The standard InChI is InChI=1S/C16H26N2/c1-5-13-6-8-15(9-7-13)18-12-14(11-17-4)10-16(18,2)3/h6-9,14,17H,5,10-12H2,1-4H3. The maximum atomic E-state index is 3.31. The molecule has 0 spiro atoms. The van der Waals surface area contributed by atoms with Gasteiger partial charge in [0.25, 0.3) is 0 Å². The van der Waals surface area contributed by atoms with Gasteiger partial charge in [-0.2, -0.15) is 0 Å². The Morgan fingerprint density at radius 1 is 1.28 bits per heavy atom. The lowest BCUT2D eigenvalue weighted by Gasteiger charge is -2.33. The summed E-state index contributed by atoms with van der Waals surface area (Å²) in [5.41, 5.74) is 3.06. The van der Waals surface area contributed by atoms with E-state index in [1.165, 1.54) is 24.2 Å². The van der Waals surface area contributed by atoms with Crippen LogP contribution in [0.15, 0.2) is 24.3 Å². The Morgan fingerprint density at radius 2 is 1.94 bits per heavy atom. The Morgan fingerprint density at radius 3 is 2.50 bits per heavy atom. The Hall–Kier alpha value is -1.02. The number of nitrogens with zero attached hydrogens (tertiary/aromatic N) is 1. The fraction of sp³-hybridized carbons (Fsp3) is 0.625. The molecule has 1 aliphatic heterocycles. The second-order valence-electron chi connectivity index (χ2n) is 6.07. The van der Waals surface area contributed by atoms with Gasteiger partial charge in [-0.05, 0) is 63.9 Å². The van der Waals surface area contributed by atoms with Gasteiger partial charge in [-0.25, -0.2) is 0 Å². The number of rotatable bonds is 4. The molecule has 1 aromatic carbocycles. The smallest absolute Gasteiger partial charge is 0.0370 e. The molecule has 1 aromatic rings. The average Bonchev–Trinajstić information content (AvgIpc) is 2.65. The van der Waals surface area contributed by atoms with E-state index in [9.17, 15) is 0 Å². The maximum Gasteiger partial charge on any atom is 0.0370 e. The van der Waals surface area contributed by atoms with Crippen molar-refractivity contribution in [1.29, 1.82) is 0 Å². The van der Waals surface area contributed by atoms with Crippen molar-refractivity contribution in [3.8, 4) is 0 Å². The Balaban J connectivity index is 2.15. The summed E-state index contributed by atoms with van der Waals surface area (Å²) in [5.74, 6) is 0.760. The first-order chi connectivity index (χ1) is 8.56. The Kier molecular flexibility index (Phi) is 3.96. The number of hydrogen-bond donors (Lipinski definition) is 1. The molecule has 18 heavy (non-hydrogen) atoms. The summed E-state index contributed by atoms with van der Waals surface area (Å²) in [6.07, 6.45) is 2.38. The second-order valence-corrected chi connectivity index (χ2v) is 6.07. The number of nitrogens with one attached hydrogen (secondary N) is 1. The highest BCUT2D eigenvalue weighted by molar-refractivity contribution is 5.51. The topological polar surface area (TPSA) is 15.3 Å². The van der Waals surface area contributed by atoms with Crippen LogP contribution in [-0.2, 0) is 6.42 Å². The third-order valence-electron chi connectivity index (χ3n) is 4.11. The molecule has 1 atom stereocenters. The van der Waals surface area contributed by atoms with Crippen LogP contribution in [-0.4, -0.2) is 25.7 Å². The van der Waals surface area contributed by atoms with Gasteiger partial charge in [0.1, 0.15) is 0 Å². The lowest BCUT2D eigenvalue weighted by Crippen LogP contribution is -2.38. The van der Waals surface area contributed by atoms with Gasteiger partial charge in [0, 0.05) is 17.8 Å². The predicted molar refractivity (Wildman–Crippen MR) is 79.3 cm³/mol. The quantitative estimate of drug-likeness (QED) is 0.878. The predicted octanol–water partition coefficient (Wildman–Crippen LogP) is 3.07. The minimum atomic E-state index is 0.273. The zero-order valence-corrected chi connectivity index (χ0v) is 12.2. The molecular weight excluding hydrogens is 220 g/mol. The van der Waals surface area contributed by atoms with E-state index in [4.69, 9.17) is 0 Å². The van der Waals surface area contributed by atoms with E-state index in [-0.39, 0.29) is 5.54 Å². The SMILES string of the molecule is CCc1ccc(N2CC(CNC)CC2(C)C)cc1. The van der Waals surface area contributed by atoms with Crippen LogP contribution in [0.1, 0.15) is 32.8 Å². The van der Waals surface area contributed by atoms with Crippen LogP contribution in [0, 0.1) is 5.92 Å². The molecule has 1 saturated heterocycles. The monoisotopic (exact) mass is 246 g/mol. The molecule has 100 valence electrons. The van der Waals surface area contributed by atoms with Crippen LogP contribution in [0.2, 0.25) is 0 Å². The lowest BCUT2D eigenvalue weighted by molar-refractivity contribution is 0.462. The molecule has 1 heterocycles. The molecule has 2 heteroatoms. The van der Waals surface area contributed by atoms with E-state index in [1.807, 2.05) is 7.05 Å². The average molecular weight is 246 g/mol. The van der Waals surface area contributed by atoms with Crippen LogP contribution >= 0.6 is 0 Å². The van der Waals surface area contributed by atoms with Gasteiger partial charge in [-0.1, -0.05) is 19.1 Å². The summed E-state index contributed by atoms with van der Waals surface area (Å²) in [6, 6.07) is 9.08. The highest BCUT2D eigenvalue weighted by atomic mass is 15.2. The van der Waals surface area contributed by atoms with Crippen LogP contribution in [0.25, 0.3) is 0 Å². The first kappa shape index (κ1) is 13.4. The Labute approximate surface area is 111 Å². The van der Waals surface area contributed by atoms with Crippen LogP contribution in [0.4, 0.5) is 5.69 Å². The third-order valence-corrected chi connectivity index (χ3v) is 4.11. The minimum Gasteiger partial charge on any atom is -0.366 e. The molecule has 2 rings (SSSR count). The van der Waals surface area contributed by atoms with Gasteiger partial charge < -0.3 is 10.2 Å². The number of aryl methyl sites for hydroxylation is 1. The summed E-state index contributed by atoms with van der Waals surface area (Å²) < 4.78 is 0. The molecule has 0 aliphatic carbocycles. The van der Waals surface area contributed by atoms with Crippen LogP contribution < -0.4 is 10.2 Å². The molecule has 1 N–H and O–H groups in total. The molecule has 2 nitrogen and oxygen atoms in total. The van der Waals surface area contributed by atoms with E-state index in [0.717, 1.165) is 18.9 Å². The third kappa shape index (κ3) is 2.69. The molecule has 0 aromatic heterocycles. The summed E-state index contributed by atoms with van der Waals surface area (Å²) >= 11 is 0. The molecule has 0 bridgehead atoms. The van der Waals surface area contributed by atoms with E-state index in [0.29, 0.717) is 0 Å². The van der Waals surface area contributed by atoms with Crippen molar-refractivity contribution in [2.75, 3.05) is 25.0 Å². The Bertz CT molecular complexity index is 381. The van der Waals surface area contributed by atoms with E-state index in [1.54, 1.807) is 0 Å². The summed E-state index contributed by atoms with van der Waals surface area (Å²) in [7, 11) is 2.05. The molecule has 0 amide bonds. The van der Waals surface area contributed by atoms with Crippen molar-refractivity contribution in [3.05, 3.63) is 29.8 Å². The van der Waals surface area contributed by atoms with Gasteiger partial charge in [0.05, 0.1) is 0 Å². The van der Waals surface area contributed by atoms with E-state index in [2.05, 4.69) is 55.3 Å². The van der Waals surface area contributed by atoms with Gasteiger partial charge in [0.2, 0.25) is 0 Å². The van der Waals surface area contributed by atoms with Crippen molar-refractivity contribution in [2.45, 2.75) is 39.2 Å². The van der Waals surface area contributed by atoms with Gasteiger partial charge in [0.15, 0.2) is 0 Å². The summed E-state index contributed by atoms with van der Waals surface area (Å²) in [4.78, 5) is 2.56. The molecule has 0 radical (unpaired) electrons. The highest BCUT2D eigenvalue weighted by Crippen LogP contribution is 2.36. The van der Waals surface area contributed by atoms with Crippen molar-refractivity contribution >= 4 is 5.69 Å². The first-order valence-electron chi connectivity index (χ1n) is 7.08. The summed E-state index contributed by atoms with van der Waals surface area (Å²) in [5, 5.41) is 3.31. The van der Waals surface area contributed by atoms with Gasteiger partial charge in [-0.3, -0.25) is 0 Å². The number of hydrogen-bond acceptors (Lipinski definition) is 2. The first-order valence-corrected chi connectivity index (χ1v) is 7.08. The summed E-state index contributed by atoms with van der Waals surface area (Å²) in [6.45, 7) is 9.21. The van der Waals surface area contributed by atoms with Gasteiger partial charge in [-0.15, -0.1) is 0 Å². The fourth-order valence-corrected chi connectivity index (χ4v) is 3.18. The molecular formula is C16H26N2. The minimum absolute atomic E-state index is 0.273. The highest BCUT2D eigenvalue weighted by Gasteiger charge is 2.37. The number of benzene rings is 1. The molecule has 1 aliphatic rings. The molecule has 1 unspecified atom stereocenters. The lowest BCUT2D eigenvalue weighted by atomic mass is 9.96. The van der Waals surface area contributed by atoms with Crippen molar-refractivity contribution in [3.63, 3.8) is 0 Å². The van der Waals surface area contributed by atoms with Crippen molar-refractivity contribution in [1.82, 2.24) is 5.32 Å². The molecule has 1 fully saturated rings. The van der Waals surface area contributed by atoms with Crippen LogP contribution in [0.3, 0.4) is 0 Å². The fourth-order valence-electron chi connectivity index (χ4n) is 3.18. The van der Waals surface area contributed by atoms with E-state index >= 15 is 0 Å². The number of anilines is 1.